The number of nitrogens with one attached hydrogen (secondary N) is 1. The van der Waals surface area contributed by atoms with Crippen molar-refractivity contribution < 1.29 is 14.4 Å². The molecule has 2 aliphatic carbocycles. The summed E-state index contributed by atoms with van der Waals surface area (Å²) in [6.45, 7) is 2.79. The van der Waals surface area contributed by atoms with Gasteiger partial charge in [0.05, 0.1) is 18.1 Å². The highest BCUT2D eigenvalue weighted by molar-refractivity contribution is 5.58. The van der Waals surface area contributed by atoms with E-state index in [4.69, 9.17) is 9.47 Å². The molecule has 3 rings (SSSR count). The number of hydrogen-bond donors (Lipinski definition) is 1. The molecule has 120 valence electrons. The third-order valence-electron chi connectivity index (χ3n) is 5.15. The van der Waals surface area contributed by atoms with E-state index in [1.54, 1.807) is 12.1 Å². The van der Waals surface area contributed by atoms with Crippen LogP contribution in [0, 0.1) is 15.5 Å². The highest BCUT2D eigenvalue weighted by Crippen LogP contribution is 2.58. The quantitative estimate of drug-likeness (QED) is 0.644. The van der Waals surface area contributed by atoms with E-state index in [1.807, 2.05) is 6.92 Å². The zero-order chi connectivity index (χ0) is 15.7. The summed E-state index contributed by atoms with van der Waals surface area (Å²) < 4.78 is 11.0. The van der Waals surface area contributed by atoms with Gasteiger partial charge in [0.25, 0.3) is 0 Å². The van der Waals surface area contributed by atoms with Crippen LogP contribution in [0.3, 0.4) is 0 Å². The number of nitro groups is 1. The standard InChI is InChI=1S/C16H22N2O4/c1-3-22-15-10-14(16(15)7-4-8-16)17-11-5-6-12(18(19)20)13(9-11)21-2/h5-6,9,14-15,17H,3-4,7-8,10H2,1-2H3. The topological polar surface area (TPSA) is 73.6 Å². The minimum absolute atomic E-state index is 0.00721. The second-order valence-electron chi connectivity index (χ2n) is 6.11. The molecule has 0 saturated heterocycles. The van der Waals surface area contributed by atoms with Crippen LogP contribution in [0.25, 0.3) is 0 Å². The smallest absolute Gasteiger partial charge is 0.311 e. The fourth-order valence-corrected chi connectivity index (χ4v) is 3.76. The van der Waals surface area contributed by atoms with Gasteiger partial charge in [-0.3, -0.25) is 10.1 Å². The molecular formula is C16H22N2O4. The van der Waals surface area contributed by atoms with Crippen molar-refractivity contribution in [1.29, 1.82) is 0 Å². The normalized spacial score (nSPS) is 25.2. The van der Waals surface area contributed by atoms with E-state index in [1.165, 1.54) is 32.4 Å². The number of ether oxygens (including phenoxy) is 2. The van der Waals surface area contributed by atoms with E-state index in [9.17, 15) is 10.1 Å². The molecule has 0 bridgehead atoms. The monoisotopic (exact) mass is 306 g/mol. The summed E-state index contributed by atoms with van der Waals surface area (Å²) in [5.74, 6) is 0.290. The first-order valence-corrected chi connectivity index (χ1v) is 7.81. The van der Waals surface area contributed by atoms with Gasteiger partial charge in [-0.25, -0.2) is 0 Å². The maximum Gasteiger partial charge on any atom is 0.311 e. The minimum atomic E-state index is -0.426. The first-order chi connectivity index (χ1) is 10.6. The van der Waals surface area contributed by atoms with Crippen molar-refractivity contribution in [3.8, 4) is 5.75 Å². The number of hydrogen-bond acceptors (Lipinski definition) is 5. The minimum Gasteiger partial charge on any atom is -0.490 e. The van der Waals surface area contributed by atoms with E-state index < -0.39 is 4.92 Å². The highest BCUT2D eigenvalue weighted by Gasteiger charge is 2.58. The van der Waals surface area contributed by atoms with E-state index >= 15 is 0 Å². The van der Waals surface area contributed by atoms with Crippen molar-refractivity contribution in [3.05, 3.63) is 28.3 Å². The van der Waals surface area contributed by atoms with Crippen LogP contribution in [0.15, 0.2) is 18.2 Å². The summed E-state index contributed by atoms with van der Waals surface area (Å²) in [6.07, 6.45) is 4.99. The molecule has 2 saturated carbocycles. The molecule has 6 heteroatoms. The van der Waals surface area contributed by atoms with E-state index in [2.05, 4.69) is 5.32 Å². The molecule has 2 unspecified atom stereocenters. The van der Waals surface area contributed by atoms with Crippen LogP contribution in [-0.2, 0) is 4.74 Å². The Balaban J connectivity index is 1.73. The van der Waals surface area contributed by atoms with Gasteiger partial charge in [0, 0.05) is 35.9 Å². The van der Waals surface area contributed by atoms with Gasteiger partial charge in [-0.1, -0.05) is 6.42 Å². The lowest BCUT2D eigenvalue weighted by Crippen LogP contribution is -2.64. The zero-order valence-corrected chi connectivity index (χ0v) is 13.0. The highest BCUT2D eigenvalue weighted by atomic mass is 16.6. The molecule has 1 N–H and O–H groups in total. The predicted molar refractivity (Wildman–Crippen MR) is 83.4 cm³/mol. The van der Waals surface area contributed by atoms with E-state index in [0.717, 1.165) is 18.7 Å². The molecule has 6 nitrogen and oxygen atoms in total. The van der Waals surface area contributed by atoms with Crippen molar-refractivity contribution in [3.63, 3.8) is 0 Å². The Hall–Kier alpha value is -1.82. The van der Waals surface area contributed by atoms with Gasteiger partial charge in [0.2, 0.25) is 0 Å². The summed E-state index contributed by atoms with van der Waals surface area (Å²) in [6, 6.07) is 5.33. The summed E-state index contributed by atoms with van der Waals surface area (Å²) in [5.41, 5.74) is 1.12. The Kier molecular flexibility index (Phi) is 3.95. The lowest BCUT2D eigenvalue weighted by molar-refractivity contribution is -0.385. The average Bonchev–Trinajstić information content (AvgIpc) is 2.43. The molecule has 2 atom stereocenters. The Morgan fingerprint density at radius 3 is 2.77 bits per heavy atom. The number of benzene rings is 1. The Labute approximate surface area is 129 Å². The van der Waals surface area contributed by atoms with Gasteiger partial charge in [-0.05, 0) is 32.3 Å². The Morgan fingerprint density at radius 1 is 1.45 bits per heavy atom. The van der Waals surface area contributed by atoms with Gasteiger partial charge in [-0.15, -0.1) is 0 Å². The number of nitro benzene ring substituents is 1. The van der Waals surface area contributed by atoms with Crippen LogP contribution in [0.4, 0.5) is 11.4 Å². The third kappa shape index (κ3) is 2.31. The fourth-order valence-electron chi connectivity index (χ4n) is 3.76. The lowest BCUT2D eigenvalue weighted by Gasteiger charge is -2.61. The molecule has 22 heavy (non-hydrogen) atoms. The molecule has 0 radical (unpaired) electrons. The van der Waals surface area contributed by atoms with Crippen LogP contribution < -0.4 is 10.1 Å². The molecule has 0 aromatic heterocycles. The first-order valence-electron chi connectivity index (χ1n) is 7.81. The van der Waals surface area contributed by atoms with Crippen molar-refractivity contribution in [1.82, 2.24) is 0 Å². The largest absolute Gasteiger partial charge is 0.490 e. The molecule has 2 aliphatic rings. The SMILES string of the molecule is CCOC1CC(Nc2ccc([N+](=O)[O-])c(OC)c2)C12CCC2. The molecule has 1 aromatic carbocycles. The van der Waals surface area contributed by atoms with Crippen LogP contribution >= 0.6 is 0 Å². The van der Waals surface area contributed by atoms with Gasteiger partial charge in [-0.2, -0.15) is 0 Å². The van der Waals surface area contributed by atoms with Crippen LogP contribution in [0.5, 0.6) is 5.75 Å². The summed E-state index contributed by atoms with van der Waals surface area (Å²) in [4.78, 5) is 10.5. The van der Waals surface area contributed by atoms with E-state index in [-0.39, 0.29) is 11.1 Å². The molecule has 1 aromatic rings. The van der Waals surface area contributed by atoms with Crippen molar-refractivity contribution in [2.24, 2.45) is 5.41 Å². The molecule has 0 heterocycles. The Morgan fingerprint density at radius 2 is 2.23 bits per heavy atom. The average molecular weight is 306 g/mol. The van der Waals surface area contributed by atoms with Crippen molar-refractivity contribution in [2.45, 2.75) is 44.8 Å². The molecule has 1 spiro atoms. The maximum absolute atomic E-state index is 10.9. The number of nitrogens with zero attached hydrogens (tertiary/aromatic N) is 1. The van der Waals surface area contributed by atoms with E-state index in [0.29, 0.717) is 17.9 Å². The van der Waals surface area contributed by atoms with Gasteiger partial charge in [0.1, 0.15) is 0 Å². The molecular weight excluding hydrogens is 284 g/mol. The number of anilines is 1. The van der Waals surface area contributed by atoms with Crippen LogP contribution in [0.2, 0.25) is 0 Å². The summed E-state index contributed by atoms with van der Waals surface area (Å²) in [7, 11) is 1.45. The second-order valence-corrected chi connectivity index (χ2v) is 6.11. The number of rotatable bonds is 6. The zero-order valence-electron chi connectivity index (χ0n) is 13.0. The fraction of sp³-hybridized carbons (Fsp3) is 0.625. The van der Waals surface area contributed by atoms with Crippen LogP contribution in [-0.4, -0.2) is 30.8 Å². The second kappa shape index (κ2) is 5.76. The third-order valence-corrected chi connectivity index (χ3v) is 5.15. The van der Waals surface area contributed by atoms with Crippen LogP contribution in [0.1, 0.15) is 32.6 Å². The Bertz CT molecular complexity index is 571. The van der Waals surface area contributed by atoms with Gasteiger partial charge >= 0.3 is 5.69 Å². The molecule has 0 aliphatic heterocycles. The summed E-state index contributed by atoms with van der Waals surface area (Å²) >= 11 is 0. The van der Waals surface area contributed by atoms with Crippen molar-refractivity contribution in [2.75, 3.05) is 19.0 Å². The first kappa shape index (κ1) is 15.1. The number of methoxy groups -OCH3 is 1. The van der Waals surface area contributed by atoms with Gasteiger partial charge in [0.15, 0.2) is 5.75 Å². The lowest BCUT2D eigenvalue weighted by atomic mass is 9.51. The van der Waals surface area contributed by atoms with Gasteiger partial charge < -0.3 is 14.8 Å². The molecule has 2 fully saturated rings. The molecule has 0 amide bonds. The predicted octanol–water partition coefficient (Wildman–Crippen LogP) is 3.36. The summed E-state index contributed by atoms with van der Waals surface area (Å²) in [5, 5.41) is 14.5. The maximum atomic E-state index is 10.9. The van der Waals surface area contributed by atoms with Crippen molar-refractivity contribution >= 4 is 11.4 Å².